The summed E-state index contributed by atoms with van der Waals surface area (Å²) in [6, 6.07) is 8.25. The van der Waals surface area contributed by atoms with E-state index in [-0.39, 0.29) is 18.1 Å². The zero-order valence-corrected chi connectivity index (χ0v) is 13.6. The highest BCUT2D eigenvalue weighted by molar-refractivity contribution is 5.76. The third-order valence-corrected chi connectivity index (χ3v) is 3.20. The highest BCUT2D eigenvalue weighted by Crippen LogP contribution is 2.18. The Balaban J connectivity index is 2.34. The second-order valence-electron chi connectivity index (χ2n) is 5.58. The third-order valence-electron chi connectivity index (χ3n) is 3.20. The van der Waals surface area contributed by atoms with Crippen LogP contribution in [-0.2, 0) is 11.3 Å². The number of hydrogen-bond donors (Lipinski definition) is 2. The van der Waals surface area contributed by atoms with Crippen LogP contribution in [0.15, 0.2) is 24.3 Å². The molecule has 1 aromatic carbocycles. The van der Waals surface area contributed by atoms with E-state index in [1.165, 1.54) is 0 Å². The molecule has 0 aromatic heterocycles. The Morgan fingerprint density at radius 2 is 1.95 bits per heavy atom. The maximum Gasteiger partial charge on any atom is 0.221 e. The molecular weight excluding hydrogens is 264 g/mol. The number of rotatable bonds is 9. The van der Waals surface area contributed by atoms with Crippen LogP contribution in [0.4, 0.5) is 0 Å². The largest absolute Gasteiger partial charge is 0.491 e. The molecule has 1 unspecified atom stereocenters. The average Bonchev–Trinajstić information content (AvgIpc) is 2.44. The van der Waals surface area contributed by atoms with Gasteiger partial charge in [0, 0.05) is 31.1 Å². The van der Waals surface area contributed by atoms with E-state index in [1.54, 1.807) is 0 Å². The van der Waals surface area contributed by atoms with Gasteiger partial charge in [-0.25, -0.2) is 0 Å². The van der Waals surface area contributed by atoms with E-state index in [0.29, 0.717) is 19.5 Å². The topological polar surface area (TPSA) is 50.4 Å². The molecule has 0 aliphatic rings. The van der Waals surface area contributed by atoms with Gasteiger partial charge in [-0.05, 0) is 33.3 Å². The smallest absolute Gasteiger partial charge is 0.221 e. The number of ether oxygens (including phenoxy) is 1. The van der Waals surface area contributed by atoms with Crippen LogP contribution in [0.5, 0.6) is 5.75 Å². The van der Waals surface area contributed by atoms with Gasteiger partial charge in [0.1, 0.15) is 5.75 Å². The molecule has 0 aliphatic carbocycles. The number of benzene rings is 1. The van der Waals surface area contributed by atoms with Gasteiger partial charge in [0.15, 0.2) is 0 Å². The lowest BCUT2D eigenvalue weighted by molar-refractivity contribution is -0.121. The van der Waals surface area contributed by atoms with Gasteiger partial charge in [-0.15, -0.1) is 0 Å². The van der Waals surface area contributed by atoms with Crippen molar-refractivity contribution in [2.45, 2.75) is 59.2 Å². The van der Waals surface area contributed by atoms with Gasteiger partial charge in [-0.3, -0.25) is 4.79 Å². The van der Waals surface area contributed by atoms with E-state index in [9.17, 15) is 4.79 Å². The van der Waals surface area contributed by atoms with Crippen molar-refractivity contribution >= 4 is 5.91 Å². The van der Waals surface area contributed by atoms with Crippen molar-refractivity contribution in [3.05, 3.63) is 29.8 Å². The standard InChI is InChI=1S/C17H28N2O2/c1-5-14(4)19-17(20)10-11-18-12-15-8-6-7-9-16(15)21-13(2)3/h6-9,13-14,18H,5,10-12H2,1-4H3,(H,19,20). The van der Waals surface area contributed by atoms with E-state index >= 15 is 0 Å². The number of hydrogen-bond acceptors (Lipinski definition) is 3. The van der Waals surface area contributed by atoms with E-state index in [0.717, 1.165) is 17.7 Å². The van der Waals surface area contributed by atoms with Crippen molar-refractivity contribution in [1.82, 2.24) is 10.6 Å². The molecule has 4 nitrogen and oxygen atoms in total. The summed E-state index contributed by atoms with van der Waals surface area (Å²) in [7, 11) is 0. The molecule has 1 amide bonds. The average molecular weight is 292 g/mol. The Kier molecular flexibility index (Phi) is 7.83. The molecule has 0 saturated heterocycles. The van der Waals surface area contributed by atoms with Crippen LogP contribution in [-0.4, -0.2) is 24.6 Å². The fourth-order valence-electron chi connectivity index (χ4n) is 1.89. The molecule has 0 bridgehead atoms. The number of carbonyl (C=O) groups excluding carboxylic acids is 1. The van der Waals surface area contributed by atoms with Gasteiger partial charge in [0.25, 0.3) is 0 Å². The highest BCUT2D eigenvalue weighted by atomic mass is 16.5. The minimum atomic E-state index is 0.101. The van der Waals surface area contributed by atoms with Crippen LogP contribution in [0.25, 0.3) is 0 Å². The molecule has 0 saturated carbocycles. The molecule has 0 aliphatic heterocycles. The van der Waals surface area contributed by atoms with Gasteiger partial charge >= 0.3 is 0 Å². The molecule has 0 radical (unpaired) electrons. The minimum absolute atomic E-state index is 0.101. The molecule has 1 rings (SSSR count). The van der Waals surface area contributed by atoms with Gasteiger partial charge in [-0.2, -0.15) is 0 Å². The molecule has 1 aromatic rings. The Bertz CT molecular complexity index is 433. The van der Waals surface area contributed by atoms with Crippen molar-refractivity contribution < 1.29 is 9.53 Å². The first-order valence-corrected chi connectivity index (χ1v) is 7.77. The van der Waals surface area contributed by atoms with E-state index < -0.39 is 0 Å². The summed E-state index contributed by atoms with van der Waals surface area (Å²) >= 11 is 0. The molecule has 118 valence electrons. The Morgan fingerprint density at radius 1 is 1.24 bits per heavy atom. The second kappa shape index (κ2) is 9.40. The third kappa shape index (κ3) is 7.14. The van der Waals surface area contributed by atoms with Crippen molar-refractivity contribution in [2.24, 2.45) is 0 Å². The summed E-state index contributed by atoms with van der Waals surface area (Å²) in [6.45, 7) is 9.49. The zero-order chi connectivity index (χ0) is 15.7. The fourth-order valence-corrected chi connectivity index (χ4v) is 1.89. The lowest BCUT2D eigenvalue weighted by Gasteiger charge is -2.15. The normalized spacial score (nSPS) is 12.2. The van der Waals surface area contributed by atoms with Crippen molar-refractivity contribution in [3.63, 3.8) is 0 Å². The summed E-state index contributed by atoms with van der Waals surface area (Å²) in [5.41, 5.74) is 1.12. The zero-order valence-electron chi connectivity index (χ0n) is 13.6. The molecule has 0 spiro atoms. The maximum absolute atomic E-state index is 11.7. The molecular formula is C17H28N2O2. The number of para-hydroxylation sites is 1. The van der Waals surface area contributed by atoms with Gasteiger partial charge in [0.2, 0.25) is 5.91 Å². The summed E-state index contributed by atoms with van der Waals surface area (Å²) in [6.07, 6.45) is 1.61. The second-order valence-corrected chi connectivity index (χ2v) is 5.58. The monoisotopic (exact) mass is 292 g/mol. The van der Waals surface area contributed by atoms with Crippen molar-refractivity contribution in [1.29, 1.82) is 0 Å². The Hall–Kier alpha value is -1.55. The summed E-state index contributed by atoms with van der Waals surface area (Å²) in [5, 5.41) is 6.26. The Labute approximate surface area is 128 Å². The predicted molar refractivity (Wildman–Crippen MR) is 86.4 cm³/mol. The number of amides is 1. The van der Waals surface area contributed by atoms with Crippen LogP contribution in [0.3, 0.4) is 0 Å². The van der Waals surface area contributed by atoms with Gasteiger partial charge in [0.05, 0.1) is 6.10 Å². The molecule has 0 fully saturated rings. The first-order chi connectivity index (χ1) is 10.0. The fraction of sp³-hybridized carbons (Fsp3) is 0.588. The lowest BCUT2D eigenvalue weighted by atomic mass is 10.2. The first-order valence-electron chi connectivity index (χ1n) is 7.77. The molecule has 1 atom stereocenters. The van der Waals surface area contributed by atoms with E-state index in [4.69, 9.17) is 4.74 Å². The molecule has 21 heavy (non-hydrogen) atoms. The minimum Gasteiger partial charge on any atom is -0.491 e. The van der Waals surface area contributed by atoms with E-state index in [1.807, 2.05) is 45.0 Å². The van der Waals surface area contributed by atoms with Crippen LogP contribution >= 0.6 is 0 Å². The maximum atomic E-state index is 11.7. The SMILES string of the molecule is CCC(C)NC(=O)CCNCc1ccccc1OC(C)C. The van der Waals surface area contributed by atoms with Gasteiger partial charge in [-0.1, -0.05) is 25.1 Å². The van der Waals surface area contributed by atoms with Crippen LogP contribution < -0.4 is 15.4 Å². The van der Waals surface area contributed by atoms with Gasteiger partial charge < -0.3 is 15.4 Å². The molecule has 4 heteroatoms. The van der Waals surface area contributed by atoms with Crippen molar-refractivity contribution in [3.8, 4) is 5.75 Å². The lowest BCUT2D eigenvalue weighted by Crippen LogP contribution is -2.33. The van der Waals surface area contributed by atoms with Crippen LogP contribution in [0.2, 0.25) is 0 Å². The quantitative estimate of drug-likeness (QED) is 0.688. The van der Waals surface area contributed by atoms with E-state index in [2.05, 4.69) is 17.6 Å². The first kappa shape index (κ1) is 17.5. The summed E-state index contributed by atoms with van der Waals surface area (Å²) < 4.78 is 5.77. The summed E-state index contributed by atoms with van der Waals surface area (Å²) in [4.78, 5) is 11.7. The van der Waals surface area contributed by atoms with Crippen LogP contribution in [0, 0.1) is 0 Å². The Morgan fingerprint density at radius 3 is 2.62 bits per heavy atom. The predicted octanol–water partition coefficient (Wildman–Crippen LogP) is 2.87. The summed E-state index contributed by atoms with van der Waals surface area (Å²) in [5.74, 6) is 1.01. The molecule has 2 N–H and O–H groups in total. The number of nitrogens with one attached hydrogen (secondary N) is 2. The van der Waals surface area contributed by atoms with Crippen molar-refractivity contribution in [2.75, 3.05) is 6.54 Å². The highest BCUT2D eigenvalue weighted by Gasteiger charge is 2.06. The number of carbonyl (C=O) groups is 1. The van der Waals surface area contributed by atoms with Crippen LogP contribution in [0.1, 0.15) is 46.1 Å². The molecule has 0 heterocycles.